The summed E-state index contributed by atoms with van der Waals surface area (Å²) in [6.07, 6.45) is 4.87. The smallest absolute Gasteiger partial charge is 0.407 e. The summed E-state index contributed by atoms with van der Waals surface area (Å²) >= 11 is 0. The largest absolute Gasteiger partial charge is 0.462 e. The SMILES string of the molecule is C=CCOC(=O)N[C@@H]1[C@H](O)[C@H](O[C@H]2/C=C/C=C/C=C/C=C/C=C/C=C/C=C/[C@H](C)[C@@H](O)C[C@H](C)OC(=O)C[C@H](O)C[C@H](O)CC[C@@H](O)[C@H](O)C[C@H](O)C[C@]3(O)C[C@H](O)[C@@H](NC(=O)NCc4ccccc4)[C@H](C2)O3)OC[C@H]1O. The van der Waals surface area contributed by atoms with Crippen molar-refractivity contribution in [2.75, 3.05) is 13.2 Å². The van der Waals surface area contributed by atoms with Crippen molar-refractivity contribution in [1.29, 1.82) is 0 Å². The number of carbonyl (C=O) groups excluding carboxylic acids is 3. The predicted octanol–water partition coefficient (Wildman–Crippen LogP) is 2.20. The monoisotopic (exact) mass is 1080 g/mol. The van der Waals surface area contributed by atoms with Crippen LogP contribution in [-0.4, -0.2) is 180 Å². The number of cyclic esters (lactones) is 1. The van der Waals surface area contributed by atoms with Crippen LogP contribution < -0.4 is 16.0 Å². The summed E-state index contributed by atoms with van der Waals surface area (Å²) in [6.45, 7) is 6.52. The normalized spacial score (nSPS) is 37.9. The van der Waals surface area contributed by atoms with Crippen molar-refractivity contribution in [2.45, 2.75) is 176 Å². The molecule has 1 aromatic rings. The van der Waals surface area contributed by atoms with Crippen LogP contribution in [0.2, 0.25) is 0 Å². The van der Waals surface area contributed by atoms with Crippen LogP contribution in [0.3, 0.4) is 0 Å². The topological polar surface area (TPSA) is 336 Å². The highest BCUT2D eigenvalue weighted by molar-refractivity contribution is 5.74. The van der Waals surface area contributed by atoms with Gasteiger partial charge in [-0.25, -0.2) is 9.59 Å². The third kappa shape index (κ3) is 24.0. The molecule has 2 bridgehead atoms. The van der Waals surface area contributed by atoms with Crippen LogP contribution in [0.1, 0.15) is 77.2 Å². The molecule has 13 N–H and O–H groups in total. The van der Waals surface area contributed by atoms with Gasteiger partial charge in [0.25, 0.3) is 0 Å². The maximum Gasteiger partial charge on any atom is 0.407 e. The number of urea groups is 1. The van der Waals surface area contributed by atoms with Gasteiger partial charge >= 0.3 is 18.1 Å². The fourth-order valence-electron chi connectivity index (χ4n) is 8.81. The molecular weight excluding hydrogens is 1000 g/mol. The van der Waals surface area contributed by atoms with E-state index < -0.39 is 141 Å². The first kappa shape index (κ1) is 64.2. The van der Waals surface area contributed by atoms with Gasteiger partial charge in [-0.2, -0.15) is 0 Å². The maximum atomic E-state index is 13.4. The number of benzene rings is 1. The average Bonchev–Trinajstić information content (AvgIpc) is 3.37. The Hall–Kier alpha value is -5.37. The lowest BCUT2D eigenvalue weighted by Crippen LogP contribution is -2.63. The van der Waals surface area contributed by atoms with Gasteiger partial charge in [0.2, 0.25) is 0 Å². The third-order valence-corrected chi connectivity index (χ3v) is 12.9. The third-order valence-electron chi connectivity index (χ3n) is 12.9. The van der Waals surface area contributed by atoms with Gasteiger partial charge in [-0.3, -0.25) is 4.79 Å². The first-order valence-corrected chi connectivity index (χ1v) is 26.1. The highest BCUT2D eigenvalue weighted by atomic mass is 16.7. The molecule has 0 aromatic heterocycles. The molecule has 21 nitrogen and oxygen atoms in total. The quantitative estimate of drug-likeness (QED) is 0.131. The summed E-state index contributed by atoms with van der Waals surface area (Å²) < 4.78 is 28.6. The Labute approximate surface area is 450 Å². The number of amides is 3. The van der Waals surface area contributed by atoms with E-state index in [1.54, 1.807) is 104 Å². The molecule has 4 rings (SSSR count). The van der Waals surface area contributed by atoms with Crippen molar-refractivity contribution in [3.63, 3.8) is 0 Å². The number of ether oxygens (including phenoxy) is 5. The Balaban J connectivity index is 1.62. The van der Waals surface area contributed by atoms with Gasteiger partial charge < -0.3 is 90.7 Å². The van der Waals surface area contributed by atoms with Gasteiger partial charge in [0, 0.05) is 44.6 Å². The minimum absolute atomic E-state index is 0.113. The lowest BCUT2D eigenvalue weighted by Gasteiger charge is -2.46. The van der Waals surface area contributed by atoms with Gasteiger partial charge in [0.15, 0.2) is 12.1 Å². The maximum absolute atomic E-state index is 13.4. The van der Waals surface area contributed by atoms with Crippen LogP contribution in [0, 0.1) is 5.92 Å². The number of fused-ring (bicyclic) bond motifs is 2. The van der Waals surface area contributed by atoms with E-state index in [4.69, 9.17) is 23.7 Å². The Bertz CT molecular complexity index is 2150. The standard InChI is InChI=1S/C56H81N3O18/c1-4-26-73-55(71)59-51-47(67)35-74-53(52(51)69)76-42-23-19-14-12-10-8-6-5-7-9-11-13-16-20-36(2)44(64)27-37(3)75-49(68)30-40(61)28-39(60)24-25-43(63)45(65)29-41(62)32-56(72)33-46(66)50(48(31-42)77-56)58-54(70)57-34-38-21-17-15-18-22-38/h4-23,36-37,39-48,50-53,60-67,69,72H,1,24-35H2,2-3H3,(H,59,71)(H2,57,58,70)/b6-5+,9-7+,10-8+,13-11+,14-12+,20-16+,23-19+/t36-,37-,39+,40+,41-,42-,43+,44-,45+,46-,47+,48-,50+,51-,52-,53-,56+/m0/s1. The lowest BCUT2D eigenvalue weighted by atomic mass is 9.87. The Morgan fingerprint density at radius 2 is 1.34 bits per heavy atom. The minimum atomic E-state index is -2.31. The fraction of sp³-hybridized carbons (Fsp3) is 0.554. The molecule has 428 valence electrons. The number of alkyl carbamates (subject to hydrolysis) is 1. The van der Waals surface area contributed by atoms with Crippen molar-refractivity contribution < 1.29 is 89.1 Å². The van der Waals surface area contributed by atoms with Crippen LogP contribution in [0.5, 0.6) is 0 Å². The molecule has 3 heterocycles. The van der Waals surface area contributed by atoms with Crippen LogP contribution >= 0.6 is 0 Å². The fourth-order valence-corrected chi connectivity index (χ4v) is 8.81. The van der Waals surface area contributed by atoms with Crippen LogP contribution in [0.4, 0.5) is 9.59 Å². The molecule has 2 saturated heterocycles. The molecular formula is C56H81N3O18. The number of aliphatic hydroxyl groups is 10. The number of nitrogens with one attached hydrogen (secondary N) is 3. The van der Waals surface area contributed by atoms with Crippen LogP contribution in [0.15, 0.2) is 128 Å². The summed E-state index contributed by atoms with van der Waals surface area (Å²) in [5.41, 5.74) is 0.779. The van der Waals surface area contributed by atoms with E-state index in [1.807, 2.05) is 25.1 Å². The molecule has 0 aliphatic carbocycles. The molecule has 3 amide bonds. The lowest BCUT2D eigenvalue weighted by molar-refractivity contribution is -0.299. The zero-order valence-electron chi connectivity index (χ0n) is 43.7. The zero-order chi connectivity index (χ0) is 56.3. The number of rotatable bonds is 8. The molecule has 1 aromatic carbocycles. The minimum Gasteiger partial charge on any atom is -0.462 e. The van der Waals surface area contributed by atoms with E-state index in [1.165, 1.54) is 6.08 Å². The van der Waals surface area contributed by atoms with Crippen molar-refractivity contribution >= 4 is 18.1 Å². The number of allylic oxidation sites excluding steroid dienone is 12. The Morgan fingerprint density at radius 3 is 1.99 bits per heavy atom. The molecule has 3 aliphatic rings. The summed E-state index contributed by atoms with van der Waals surface area (Å²) in [5, 5.41) is 119. The van der Waals surface area contributed by atoms with E-state index in [0.29, 0.717) is 0 Å². The van der Waals surface area contributed by atoms with Crippen molar-refractivity contribution in [2.24, 2.45) is 5.92 Å². The summed E-state index contributed by atoms with van der Waals surface area (Å²) in [6, 6.07) is 5.76. The number of hydrogen-bond acceptors (Lipinski definition) is 18. The second kappa shape index (κ2) is 33.8. The number of esters is 1. The second-order valence-electron chi connectivity index (χ2n) is 19.6. The Morgan fingerprint density at radius 1 is 0.701 bits per heavy atom. The summed E-state index contributed by atoms with van der Waals surface area (Å²) in [5.74, 6) is -3.32. The number of aliphatic hydroxyl groups excluding tert-OH is 9. The molecule has 0 radical (unpaired) electrons. The average molecular weight is 1080 g/mol. The Kier molecular flexibility index (Phi) is 28.2. The molecule has 2 fully saturated rings. The summed E-state index contributed by atoms with van der Waals surface area (Å²) in [4.78, 5) is 38.5. The van der Waals surface area contributed by atoms with E-state index in [9.17, 15) is 65.4 Å². The molecule has 0 unspecified atom stereocenters. The van der Waals surface area contributed by atoms with Crippen molar-refractivity contribution in [3.05, 3.63) is 134 Å². The molecule has 21 heteroatoms. The molecule has 17 atom stereocenters. The van der Waals surface area contributed by atoms with E-state index >= 15 is 0 Å². The van der Waals surface area contributed by atoms with Gasteiger partial charge in [0.1, 0.15) is 24.9 Å². The van der Waals surface area contributed by atoms with Gasteiger partial charge in [-0.15, -0.1) is 0 Å². The molecule has 0 saturated carbocycles. The molecule has 77 heavy (non-hydrogen) atoms. The zero-order valence-corrected chi connectivity index (χ0v) is 43.7. The van der Waals surface area contributed by atoms with Crippen molar-refractivity contribution in [1.82, 2.24) is 16.0 Å². The highest BCUT2D eigenvalue weighted by Crippen LogP contribution is 2.35. The van der Waals surface area contributed by atoms with Gasteiger partial charge in [-0.1, -0.05) is 135 Å². The van der Waals surface area contributed by atoms with Gasteiger partial charge in [-0.05, 0) is 31.7 Å². The van der Waals surface area contributed by atoms with Crippen molar-refractivity contribution in [3.8, 4) is 0 Å². The predicted molar refractivity (Wildman–Crippen MR) is 283 cm³/mol. The number of carbonyl (C=O) groups is 3. The van der Waals surface area contributed by atoms with E-state index in [-0.39, 0.29) is 57.8 Å². The summed E-state index contributed by atoms with van der Waals surface area (Å²) in [7, 11) is 0. The molecule has 3 aliphatic heterocycles. The van der Waals surface area contributed by atoms with E-state index in [0.717, 1.165) is 5.56 Å². The van der Waals surface area contributed by atoms with E-state index in [2.05, 4.69) is 22.5 Å². The first-order chi connectivity index (χ1) is 36.7. The second-order valence-corrected chi connectivity index (χ2v) is 19.6. The number of hydrogen-bond donors (Lipinski definition) is 13. The molecule has 0 spiro atoms. The van der Waals surface area contributed by atoms with Crippen LogP contribution in [-0.2, 0) is 35.0 Å². The highest BCUT2D eigenvalue weighted by Gasteiger charge is 2.49. The first-order valence-electron chi connectivity index (χ1n) is 26.1. The van der Waals surface area contributed by atoms with Crippen LogP contribution in [0.25, 0.3) is 0 Å². The van der Waals surface area contributed by atoms with Gasteiger partial charge in [0.05, 0.1) is 80.0 Å².